The predicted octanol–water partition coefficient (Wildman–Crippen LogP) is 1.91. The van der Waals surface area contributed by atoms with Gasteiger partial charge in [-0.1, -0.05) is 45.0 Å². The van der Waals surface area contributed by atoms with E-state index in [0.717, 1.165) is 11.1 Å². The highest BCUT2D eigenvalue weighted by Crippen LogP contribution is 2.24. The van der Waals surface area contributed by atoms with Gasteiger partial charge in [0.05, 0.1) is 4.90 Å². The summed E-state index contributed by atoms with van der Waals surface area (Å²) in [5, 5.41) is 7.67. The van der Waals surface area contributed by atoms with Crippen LogP contribution in [0.15, 0.2) is 53.4 Å². The summed E-state index contributed by atoms with van der Waals surface area (Å²) in [5.41, 5.74) is 2.01. The topological polar surface area (TPSA) is 125 Å². The van der Waals surface area contributed by atoms with Crippen molar-refractivity contribution in [3.8, 4) is 5.75 Å². The van der Waals surface area contributed by atoms with Gasteiger partial charge in [-0.05, 0) is 47.2 Å². The van der Waals surface area contributed by atoms with E-state index in [1.54, 1.807) is 24.3 Å². The van der Waals surface area contributed by atoms with E-state index in [2.05, 4.69) is 26.1 Å². The Kier molecular flexibility index (Phi) is 8.18. The minimum absolute atomic E-state index is 0.0272. The number of primary sulfonamides is 1. The summed E-state index contributed by atoms with van der Waals surface area (Å²) < 4.78 is 32.7. The van der Waals surface area contributed by atoms with Crippen LogP contribution in [0.4, 0.5) is 0 Å². The van der Waals surface area contributed by atoms with Gasteiger partial charge in [-0.25, -0.2) is 18.4 Å². The highest BCUT2D eigenvalue weighted by molar-refractivity contribution is 7.89. The number of esters is 1. The minimum atomic E-state index is -3.73. The summed E-state index contributed by atoms with van der Waals surface area (Å²) in [6, 6.07) is 13.5. The summed E-state index contributed by atoms with van der Waals surface area (Å²) in [4.78, 5) is 23.6. The lowest BCUT2D eigenvalue weighted by Crippen LogP contribution is -2.31. The molecule has 0 aliphatic carbocycles. The molecule has 0 saturated carbocycles. The Morgan fingerprint density at radius 3 is 2.13 bits per heavy atom. The van der Waals surface area contributed by atoms with Crippen molar-refractivity contribution in [1.29, 1.82) is 0 Å². The fourth-order valence-corrected chi connectivity index (χ4v) is 3.14. The van der Waals surface area contributed by atoms with Crippen LogP contribution in [-0.4, -0.2) is 40.1 Å². The second-order valence-electron chi connectivity index (χ2n) is 8.01. The number of nitrogens with two attached hydrogens (primary N) is 1. The number of nitrogens with one attached hydrogen (secondary N) is 1. The van der Waals surface area contributed by atoms with Gasteiger partial charge in [-0.2, -0.15) is 0 Å². The van der Waals surface area contributed by atoms with Crippen molar-refractivity contribution < 1.29 is 27.5 Å². The number of hydrogen-bond acceptors (Lipinski definition) is 6. The summed E-state index contributed by atoms with van der Waals surface area (Å²) in [5.74, 6) is -0.541. The molecule has 8 nitrogen and oxygen atoms in total. The first-order valence-corrected chi connectivity index (χ1v) is 11.3. The molecule has 0 radical (unpaired) electrons. The van der Waals surface area contributed by atoms with Crippen LogP contribution in [0.25, 0.3) is 0 Å². The number of sulfonamides is 1. The van der Waals surface area contributed by atoms with E-state index in [-0.39, 0.29) is 16.9 Å². The van der Waals surface area contributed by atoms with E-state index >= 15 is 0 Å². The van der Waals surface area contributed by atoms with E-state index in [1.807, 2.05) is 12.1 Å². The summed E-state index contributed by atoms with van der Waals surface area (Å²) in [6.45, 7) is 5.93. The zero-order chi connectivity index (χ0) is 23.1. The third-order valence-corrected chi connectivity index (χ3v) is 5.36. The molecule has 2 rings (SSSR count). The van der Waals surface area contributed by atoms with Crippen LogP contribution >= 0.6 is 0 Å². The van der Waals surface area contributed by atoms with Gasteiger partial charge in [0.1, 0.15) is 5.75 Å². The van der Waals surface area contributed by atoms with Crippen molar-refractivity contribution in [2.45, 2.75) is 37.5 Å². The van der Waals surface area contributed by atoms with E-state index < -0.39 is 28.5 Å². The smallest absolute Gasteiger partial charge is 0.344 e. The maximum atomic E-state index is 11.8. The van der Waals surface area contributed by atoms with Gasteiger partial charge < -0.3 is 14.8 Å². The molecule has 0 aliphatic rings. The third kappa shape index (κ3) is 8.39. The van der Waals surface area contributed by atoms with Crippen molar-refractivity contribution in [1.82, 2.24) is 5.32 Å². The molecule has 2 aromatic carbocycles. The Morgan fingerprint density at radius 1 is 0.968 bits per heavy atom. The lowest BCUT2D eigenvalue weighted by atomic mass is 9.87. The predicted molar refractivity (Wildman–Crippen MR) is 116 cm³/mol. The Hall–Kier alpha value is -2.91. The van der Waals surface area contributed by atoms with Gasteiger partial charge in [0.2, 0.25) is 10.0 Å². The Morgan fingerprint density at radius 2 is 1.58 bits per heavy atom. The molecule has 31 heavy (non-hydrogen) atoms. The number of hydrogen-bond donors (Lipinski definition) is 2. The first kappa shape index (κ1) is 24.4. The first-order valence-electron chi connectivity index (χ1n) is 9.72. The highest BCUT2D eigenvalue weighted by atomic mass is 32.2. The zero-order valence-electron chi connectivity index (χ0n) is 17.9. The van der Waals surface area contributed by atoms with Gasteiger partial charge >= 0.3 is 5.97 Å². The monoisotopic (exact) mass is 448 g/mol. The molecule has 1 amide bonds. The van der Waals surface area contributed by atoms with Gasteiger partial charge in [-0.3, -0.25) is 4.79 Å². The number of carbonyl (C=O) groups excluding carboxylic acids is 2. The summed E-state index contributed by atoms with van der Waals surface area (Å²) in [6.07, 6.45) is 0.484. The van der Waals surface area contributed by atoms with Crippen LogP contribution in [0.1, 0.15) is 31.9 Å². The molecule has 168 valence electrons. The molecule has 0 atom stereocenters. The molecule has 0 saturated heterocycles. The van der Waals surface area contributed by atoms with Crippen molar-refractivity contribution in [2.75, 3.05) is 19.8 Å². The van der Waals surface area contributed by atoms with Crippen molar-refractivity contribution in [2.24, 2.45) is 5.14 Å². The van der Waals surface area contributed by atoms with E-state index in [9.17, 15) is 18.0 Å². The molecule has 0 heterocycles. The molecular formula is C22H28N2O6S. The van der Waals surface area contributed by atoms with Crippen LogP contribution in [0.3, 0.4) is 0 Å². The maximum Gasteiger partial charge on any atom is 0.344 e. The highest BCUT2D eigenvalue weighted by Gasteiger charge is 2.14. The van der Waals surface area contributed by atoms with E-state index in [0.29, 0.717) is 18.7 Å². The standard InChI is InChI=1S/C22H28N2O6S/c1-22(2,3)17-6-8-18(9-7-17)29-15-21(26)30-14-20(25)24-13-12-16-4-10-19(11-5-16)31(23,27)28/h4-11H,12-15H2,1-3H3,(H,24,25)(H2,23,27,28). The van der Waals surface area contributed by atoms with Gasteiger partial charge in [-0.15, -0.1) is 0 Å². The molecule has 3 N–H and O–H groups in total. The molecule has 9 heteroatoms. The Balaban J connectivity index is 1.66. The molecular weight excluding hydrogens is 420 g/mol. The zero-order valence-corrected chi connectivity index (χ0v) is 18.7. The second kappa shape index (κ2) is 10.4. The molecule has 0 aliphatic heterocycles. The number of benzene rings is 2. The second-order valence-corrected chi connectivity index (χ2v) is 9.57. The molecule has 0 bridgehead atoms. The van der Waals surface area contributed by atoms with Crippen LogP contribution in [-0.2, 0) is 36.2 Å². The van der Waals surface area contributed by atoms with Crippen molar-refractivity contribution >= 4 is 21.9 Å². The maximum absolute atomic E-state index is 11.8. The van der Waals surface area contributed by atoms with Crippen molar-refractivity contribution in [3.63, 3.8) is 0 Å². The first-order chi connectivity index (χ1) is 14.4. The minimum Gasteiger partial charge on any atom is -0.482 e. The largest absolute Gasteiger partial charge is 0.482 e. The molecule has 0 unspecified atom stereocenters. The molecule has 0 fully saturated rings. The summed E-state index contributed by atoms with van der Waals surface area (Å²) >= 11 is 0. The van der Waals surface area contributed by atoms with Gasteiger partial charge in [0.15, 0.2) is 13.2 Å². The fourth-order valence-electron chi connectivity index (χ4n) is 2.62. The van der Waals surface area contributed by atoms with Crippen molar-refractivity contribution in [3.05, 3.63) is 59.7 Å². The number of ether oxygens (including phenoxy) is 2. The van der Waals surface area contributed by atoms with Crippen LogP contribution in [0, 0.1) is 0 Å². The normalized spacial score (nSPS) is 11.6. The number of amides is 1. The fraction of sp³-hybridized carbons (Fsp3) is 0.364. The summed E-state index contributed by atoms with van der Waals surface area (Å²) in [7, 11) is -3.73. The third-order valence-electron chi connectivity index (χ3n) is 4.43. The Bertz CT molecular complexity index is 994. The van der Waals surface area contributed by atoms with Gasteiger partial charge in [0, 0.05) is 6.54 Å². The van der Waals surface area contributed by atoms with Crippen LogP contribution in [0.2, 0.25) is 0 Å². The average Bonchev–Trinajstić information content (AvgIpc) is 2.70. The number of rotatable bonds is 9. The quantitative estimate of drug-likeness (QED) is 0.565. The van der Waals surface area contributed by atoms with Gasteiger partial charge in [0.25, 0.3) is 5.91 Å². The average molecular weight is 449 g/mol. The molecule has 0 aromatic heterocycles. The lowest BCUT2D eigenvalue weighted by molar-refractivity contribution is -0.150. The van der Waals surface area contributed by atoms with Crippen LogP contribution in [0.5, 0.6) is 5.75 Å². The molecule has 0 spiro atoms. The molecule has 2 aromatic rings. The lowest BCUT2D eigenvalue weighted by Gasteiger charge is -2.19. The van der Waals surface area contributed by atoms with E-state index in [1.165, 1.54) is 12.1 Å². The SMILES string of the molecule is CC(C)(C)c1ccc(OCC(=O)OCC(=O)NCCc2ccc(S(N)(=O)=O)cc2)cc1. The van der Waals surface area contributed by atoms with E-state index in [4.69, 9.17) is 14.6 Å². The van der Waals surface area contributed by atoms with Crippen LogP contribution < -0.4 is 15.2 Å². The Labute approximate surface area is 182 Å². The number of carbonyl (C=O) groups is 2.